The minimum absolute atomic E-state index is 0.0405. The zero-order valence-electron chi connectivity index (χ0n) is 24.6. The summed E-state index contributed by atoms with van der Waals surface area (Å²) in [7, 11) is -3.53. The van der Waals surface area contributed by atoms with Gasteiger partial charge in [0.1, 0.15) is 35.9 Å². The van der Waals surface area contributed by atoms with E-state index < -0.39 is 15.4 Å². The summed E-state index contributed by atoms with van der Waals surface area (Å²) in [6, 6.07) is 22.6. The molecular formula is C34H30BrFN4O5S. The van der Waals surface area contributed by atoms with Gasteiger partial charge in [0.15, 0.2) is 14.9 Å². The van der Waals surface area contributed by atoms with Crippen LogP contribution < -0.4 is 10.1 Å². The van der Waals surface area contributed by atoms with Gasteiger partial charge in [-0.15, -0.1) is 0 Å². The molecule has 1 aliphatic heterocycles. The first-order chi connectivity index (χ1) is 22.3. The number of halogens is 2. The largest absolute Gasteiger partial charge is 0.490 e. The first-order valence-electron chi connectivity index (χ1n) is 14.5. The summed E-state index contributed by atoms with van der Waals surface area (Å²) in [5.41, 5.74) is 2.52. The molecule has 46 heavy (non-hydrogen) atoms. The maximum absolute atomic E-state index is 13.5. The number of benzene rings is 3. The molecule has 0 aliphatic carbocycles. The van der Waals surface area contributed by atoms with Crippen LogP contribution in [0.3, 0.4) is 0 Å². The standard InChI is InChI=1S/C34H30BrFN4O5S/c35-29-21-27(9-11-31(29)44-22-24-5-3-6-26(36)19-24)40-33-28-20-25(8-10-30(28)38-23-39-33)34(12-4-15-45-34)13-16-43-17-18-46(41,42)32-7-1-2-14-37-32/h1-11,14-15,19-21,23H,12-13,16-18,22H2,(H,38,39,40). The lowest BCUT2D eigenvalue weighted by Crippen LogP contribution is -2.27. The summed E-state index contributed by atoms with van der Waals surface area (Å²) < 4.78 is 57.1. The second kappa shape index (κ2) is 13.9. The quantitative estimate of drug-likeness (QED) is 0.127. The zero-order chi connectivity index (χ0) is 32.0. The van der Waals surface area contributed by atoms with Crippen molar-refractivity contribution in [1.82, 2.24) is 15.0 Å². The van der Waals surface area contributed by atoms with Crippen molar-refractivity contribution in [2.24, 2.45) is 0 Å². The molecule has 12 heteroatoms. The lowest BCUT2D eigenvalue weighted by molar-refractivity contribution is 0.00280. The van der Waals surface area contributed by atoms with E-state index >= 15 is 0 Å². The third kappa shape index (κ3) is 7.35. The maximum atomic E-state index is 13.5. The predicted octanol–water partition coefficient (Wildman–Crippen LogP) is 7.26. The minimum Gasteiger partial charge on any atom is -0.490 e. The number of ether oxygens (including phenoxy) is 3. The summed E-state index contributed by atoms with van der Waals surface area (Å²) in [5, 5.41) is 4.23. The van der Waals surface area contributed by atoms with Gasteiger partial charge in [0.05, 0.1) is 35.2 Å². The highest BCUT2D eigenvalue weighted by Gasteiger charge is 2.35. The molecule has 0 bridgehead atoms. The number of hydrogen-bond acceptors (Lipinski definition) is 9. The van der Waals surface area contributed by atoms with Gasteiger partial charge in [-0.25, -0.2) is 27.8 Å². The Morgan fingerprint density at radius 1 is 0.978 bits per heavy atom. The Morgan fingerprint density at radius 2 is 1.89 bits per heavy atom. The highest BCUT2D eigenvalue weighted by molar-refractivity contribution is 9.10. The monoisotopic (exact) mass is 704 g/mol. The van der Waals surface area contributed by atoms with Crippen molar-refractivity contribution < 1.29 is 27.0 Å². The number of nitrogens with one attached hydrogen (secondary N) is 1. The second-order valence-corrected chi connectivity index (χ2v) is 13.6. The first-order valence-corrected chi connectivity index (χ1v) is 17.0. The SMILES string of the molecule is O=S(=O)(CCOCCC1(c2ccc3ncnc(Nc4ccc(OCc5cccc(F)c5)c(Br)c4)c3c2)CC=CO1)c1ccccn1. The van der Waals surface area contributed by atoms with Gasteiger partial charge in [-0.2, -0.15) is 0 Å². The van der Waals surface area contributed by atoms with Crippen molar-refractivity contribution in [1.29, 1.82) is 0 Å². The highest BCUT2D eigenvalue weighted by Crippen LogP contribution is 2.40. The Hall–Kier alpha value is -4.39. The van der Waals surface area contributed by atoms with Crippen LogP contribution in [0.1, 0.15) is 24.0 Å². The van der Waals surface area contributed by atoms with Gasteiger partial charge in [0, 0.05) is 30.1 Å². The summed E-state index contributed by atoms with van der Waals surface area (Å²) in [6.07, 6.45) is 7.76. The Labute approximate surface area is 274 Å². The van der Waals surface area contributed by atoms with Crippen LogP contribution in [0.5, 0.6) is 5.75 Å². The minimum atomic E-state index is -3.53. The van der Waals surface area contributed by atoms with E-state index in [1.807, 2.05) is 48.5 Å². The second-order valence-electron chi connectivity index (χ2n) is 10.7. The molecule has 0 amide bonds. The van der Waals surface area contributed by atoms with E-state index in [9.17, 15) is 12.8 Å². The van der Waals surface area contributed by atoms with Crippen LogP contribution in [0.2, 0.25) is 0 Å². The van der Waals surface area contributed by atoms with E-state index in [1.54, 1.807) is 24.5 Å². The van der Waals surface area contributed by atoms with Crippen LogP contribution in [0.25, 0.3) is 10.9 Å². The Bertz CT molecular complexity index is 1970. The predicted molar refractivity (Wildman–Crippen MR) is 176 cm³/mol. The van der Waals surface area contributed by atoms with Crippen molar-refractivity contribution in [3.05, 3.63) is 125 Å². The van der Waals surface area contributed by atoms with E-state index in [4.69, 9.17) is 14.2 Å². The first kappa shape index (κ1) is 31.6. The maximum Gasteiger partial charge on any atom is 0.197 e. The molecule has 0 fully saturated rings. The van der Waals surface area contributed by atoms with Crippen molar-refractivity contribution in [3.63, 3.8) is 0 Å². The summed E-state index contributed by atoms with van der Waals surface area (Å²) in [4.78, 5) is 12.9. The fraction of sp³-hybridized carbons (Fsp3) is 0.206. The molecule has 0 saturated carbocycles. The molecule has 0 radical (unpaired) electrons. The highest BCUT2D eigenvalue weighted by atomic mass is 79.9. The fourth-order valence-corrected chi connectivity index (χ4v) is 6.71. The molecule has 3 heterocycles. The van der Waals surface area contributed by atoms with E-state index in [0.717, 1.165) is 32.2 Å². The van der Waals surface area contributed by atoms with Gasteiger partial charge < -0.3 is 19.5 Å². The number of rotatable bonds is 13. The van der Waals surface area contributed by atoms with Crippen LogP contribution in [0.15, 0.2) is 113 Å². The normalized spacial score (nSPS) is 16.0. The molecule has 1 aliphatic rings. The molecule has 3 aromatic carbocycles. The molecule has 5 aromatic rings. The van der Waals surface area contributed by atoms with Crippen LogP contribution in [-0.4, -0.2) is 42.3 Å². The van der Waals surface area contributed by atoms with Crippen molar-refractivity contribution in [2.45, 2.75) is 30.1 Å². The third-order valence-electron chi connectivity index (χ3n) is 7.58. The molecule has 1 atom stereocenters. The van der Waals surface area contributed by atoms with E-state index in [1.165, 1.54) is 30.7 Å². The fourth-order valence-electron chi connectivity index (χ4n) is 5.16. The Morgan fingerprint density at radius 3 is 2.67 bits per heavy atom. The molecule has 0 spiro atoms. The number of aromatic nitrogens is 3. The molecule has 1 N–H and O–H groups in total. The molecule has 1 unspecified atom stereocenters. The average molecular weight is 706 g/mol. The lowest BCUT2D eigenvalue weighted by atomic mass is 9.87. The van der Waals surface area contributed by atoms with Gasteiger partial charge in [-0.05, 0) is 87.7 Å². The van der Waals surface area contributed by atoms with E-state index in [-0.39, 0.29) is 29.8 Å². The molecule has 2 aromatic heterocycles. The van der Waals surface area contributed by atoms with Gasteiger partial charge in [-0.1, -0.05) is 24.3 Å². The van der Waals surface area contributed by atoms with E-state index in [0.29, 0.717) is 31.0 Å². The third-order valence-corrected chi connectivity index (χ3v) is 9.78. The van der Waals surface area contributed by atoms with Crippen LogP contribution in [0, 0.1) is 5.82 Å². The zero-order valence-corrected chi connectivity index (χ0v) is 27.0. The van der Waals surface area contributed by atoms with Crippen molar-refractivity contribution >= 4 is 48.2 Å². The average Bonchev–Trinajstić information content (AvgIpc) is 3.55. The molecule has 9 nitrogen and oxygen atoms in total. The van der Waals surface area contributed by atoms with Crippen LogP contribution in [-0.2, 0) is 31.5 Å². The number of fused-ring (bicyclic) bond motifs is 1. The summed E-state index contributed by atoms with van der Waals surface area (Å²) in [6.45, 7) is 0.582. The number of hydrogen-bond donors (Lipinski definition) is 1. The van der Waals surface area contributed by atoms with E-state index in [2.05, 4.69) is 36.2 Å². The number of nitrogens with zero attached hydrogens (tertiary/aromatic N) is 3. The molecule has 236 valence electrons. The van der Waals surface area contributed by atoms with Crippen LogP contribution in [0.4, 0.5) is 15.9 Å². The molecule has 0 saturated heterocycles. The van der Waals surface area contributed by atoms with Crippen molar-refractivity contribution in [2.75, 3.05) is 24.3 Å². The van der Waals surface area contributed by atoms with Gasteiger partial charge in [0.25, 0.3) is 0 Å². The lowest BCUT2D eigenvalue weighted by Gasteiger charge is -2.29. The topological polar surface area (TPSA) is 113 Å². The van der Waals surface area contributed by atoms with Crippen LogP contribution >= 0.6 is 15.9 Å². The number of sulfone groups is 1. The van der Waals surface area contributed by atoms with Crippen molar-refractivity contribution in [3.8, 4) is 5.75 Å². The number of anilines is 2. The van der Waals surface area contributed by atoms with Gasteiger partial charge >= 0.3 is 0 Å². The smallest absolute Gasteiger partial charge is 0.197 e. The summed E-state index contributed by atoms with van der Waals surface area (Å²) in [5.74, 6) is 0.771. The molecular weight excluding hydrogens is 675 g/mol. The molecule has 6 rings (SSSR count). The summed E-state index contributed by atoms with van der Waals surface area (Å²) >= 11 is 3.58. The van der Waals surface area contributed by atoms with Gasteiger partial charge in [0.2, 0.25) is 0 Å². The number of pyridine rings is 1. The Kier molecular flexibility index (Phi) is 9.57. The Balaban J connectivity index is 1.13. The van der Waals surface area contributed by atoms with Gasteiger partial charge in [-0.3, -0.25) is 0 Å².